The highest BCUT2D eigenvalue weighted by molar-refractivity contribution is 5.96. The van der Waals surface area contributed by atoms with Crippen LogP contribution in [0.15, 0.2) is 57.7 Å². The Bertz CT molecular complexity index is 961. The number of fused-ring (bicyclic) bond motifs is 1. The second-order valence-electron chi connectivity index (χ2n) is 5.74. The second-order valence-corrected chi connectivity index (χ2v) is 5.74. The maximum atomic E-state index is 13.0. The molecule has 0 bridgehead atoms. The van der Waals surface area contributed by atoms with E-state index in [1.807, 2.05) is 19.1 Å². The highest BCUT2D eigenvalue weighted by atomic mass is 19.1. The number of carbonyl (C=O) groups excluding carboxylic acids is 1. The van der Waals surface area contributed by atoms with Crippen LogP contribution in [0, 0.1) is 12.7 Å². The van der Waals surface area contributed by atoms with E-state index >= 15 is 0 Å². The molecule has 2 aromatic carbocycles. The Balaban J connectivity index is 1.89. The van der Waals surface area contributed by atoms with Gasteiger partial charge in [-0.1, -0.05) is 23.8 Å². The monoisotopic (exact) mass is 325 g/mol. The predicted molar refractivity (Wildman–Crippen MR) is 89.5 cm³/mol. The molecular formula is C19H16FNO3. The number of benzene rings is 2. The summed E-state index contributed by atoms with van der Waals surface area (Å²) in [6.45, 7) is 3.68. The smallest absolute Gasteiger partial charge is 0.349 e. The molecule has 122 valence electrons. The van der Waals surface area contributed by atoms with Crippen molar-refractivity contribution in [1.29, 1.82) is 0 Å². The van der Waals surface area contributed by atoms with Crippen molar-refractivity contribution in [2.75, 3.05) is 0 Å². The second kappa shape index (κ2) is 6.28. The summed E-state index contributed by atoms with van der Waals surface area (Å²) in [7, 11) is 0. The molecule has 0 aliphatic rings. The lowest BCUT2D eigenvalue weighted by molar-refractivity contribution is 0.0936. The Morgan fingerprint density at radius 1 is 1.12 bits per heavy atom. The summed E-state index contributed by atoms with van der Waals surface area (Å²) in [6.07, 6.45) is 0. The highest BCUT2D eigenvalue weighted by Gasteiger charge is 2.16. The minimum atomic E-state index is -0.685. The van der Waals surface area contributed by atoms with Crippen LogP contribution < -0.4 is 10.9 Å². The van der Waals surface area contributed by atoms with E-state index in [0.29, 0.717) is 11.0 Å². The van der Waals surface area contributed by atoms with Gasteiger partial charge in [0, 0.05) is 5.39 Å². The fraction of sp³-hybridized carbons (Fsp3) is 0.158. The van der Waals surface area contributed by atoms with E-state index in [9.17, 15) is 14.0 Å². The zero-order valence-corrected chi connectivity index (χ0v) is 13.3. The average molecular weight is 325 g/mol. The van der Waals surface area contributed by atoms with E-state index in [1.165, 1.54) is 18.2 Å². The van der Waals surface area contributed by atoms with Crippen molar-refractivity contribution >= 4 is 16.9 Å². The fourth-order valence-electron chi connectivity index (χ4n) is 2.51. The van der Waals surface area contributed by atoms with Crippen molar-refractivity contribution in [2.24, 2.45) is 0 Å². The van der Waals surface area contributed by atoms with Gasteiger partial charge in [-0.25, -0.2) is 9.18 Å². The molecule has 0 saturated heterocycles. The van der Waals surface area contributed by atoms with Gasteiger partial charge in [0.1, 0.15) is 17.0 Å². The lowest BCUT2D eigenvalue weighted by atomic mass is 10.1. The SMILES string of the molecule is Cc1ccc2oc(=O)c(C(=O)N[C@@H](C)c3ccc(F)cc3)cc2c1. The van der Waals surface area contributed by atoms with Gasteiger partial charge >= 0.3 is 5.63 Å². The van der Waals surface area contributed by atoms with Crippen LogP contribution in [0.3, 0.4) is 0 Å². The van der Waals surface area contributed by atoms with E-state index < -0.39 is 11.5 Å². The van der Waals surface area contributed by atoms with Crippen molar-refractivity contribution in [3.63, 3.8) is 0 Å². The van der Waals surface area contributed by atoms with Crippen molar-refractivity contribution in [2.45, 2.75) is 19.9 Å². The summed E-state index contributed by atoms with van der Waals surface area (Å²) in [5.41, 5.74) is 1.44. The average Bonchev–Trinajstić information content (AvgIpc) is 2.55. The molecule has 0 unspecified atom stereocenters. The maximum absolute atomic E-state index is 13.0. The molecule has 1 heterocycles. The normalized spacial score (nSPS) is 12.1. The predicted octanol–water partition coefficient (Wildman–Crippen LogP) is 3.73. The fourth-order valence-corrected chi connectivity index (χ4v) is 2.51. The Labute approximate surface area is 137 Å². The Morgan fingerprint density at radius 3 is 2.54 bits per heavy atom. The molecule has 3 rings (SSSR count). The molecule has 0 saturated carbocycles. The van der Waals surface area contributed by atoms with Gasteiger partial charge in [0.2, 0.25) is 0 Å². The maximum Gasteiger partial charge on any atom is 0.349 e. The number of rotatable bonds is 3. The first-order chi connectivity index (χ1) is 11.4. The third kappa shape index (κ3) is 3.20. The number of carbonyl (C=O) groups is 1. The van der Waals surface area contributed by atoms with Gasteiger partial charge in [-0.3, -0.25) is 4.79 Å². The Kier molecular flexibility index (Phi) is 4.16. The van der Waals surface area contributed by atoms with E-state index in [1.54, 1.807) is 25.1 Å². The van der Waals surface area contributed by atoms with Crippen molar-refractivity contribution in [3.05, 3.63) is 81.5 Å². The molecule has 24 heavy (non-hydrogen) atoms. The number of aryl methyl sites for hydroxylation is 1. The van der Waals surface area contributed by atoms with Gasteiger partial charge in [-0.15, -0.1) is 0 Å². The van der Waals surface area contributed by atoms with E-state index in [0.717, 1.165) is 11.1 Å². The summed E-state index contributed by atoms with van der Waals surface area (Å²) in [5, 5.41) is 3.42. The molecule has 0 radical (unpaired) electrons. The number of nitrogens with one attached hydrogen (secondary N) is 1. The largest absolute Gasteiger partial charge is 0.422 e. The van der Waals surface area contributed by atoms with Crippen LogP contribution in [0.2, 0.25) is 0 Å². The zero-order valence-electron chi connectivity index (χ0n) is 13.3. The summed E-state index contributed by atoms with van der Waals surface area (Å²) in [6, 6.07) is 12.4. The lowest BCUT2D eigenvalue weighted by Gasteiger charge is -2.14. The summed E-state index contributed by atoms with van der Waals surface area (Å²) < 4.78 is 18.2. The van der Waals surface area contributed by atoms with Gasteiger partial charge in [-0.05, 0) is 49.7 Å². The molecule has 1 N–H and O–H groups in total. The van der Waals surface area contributed by atoms with Crippen molar-refractivity contribution in [3.8, 4) is 0 Å². The Hall–Kier alpha value is -2.95. The molecule has 0 aliphatic carbocycles. The van der Waals surface area contributed by atoms with Crippen LogP contribution in [0.1, 0.15) is 34.5 Å². The van der Waals surface area contributed by atoms with Crippen LogP contribution >= 0.6 is 0 Å². The standard InChI is InChI=1S/C19H16FNO3/c1-11-3-8-17-14(9-11)10-16(19(23)24-17)18(22)21-12(2)13-4-6-15(20)7-5-13/h3-10,12H,1-2H3,(H,21,22)/t12-/m0/s1. The molecule has 1 atom stereocenters. The van der Waals surface area contributed by atoms with E-state index in [-0.39, 0.29) is 17.4 Å². The van der Waals surface area contributed by atoms with Crippen LogP contribution in [0.25, 0.3) is 11.0 Å². The van der Waals surface area contributed by atoms with Crippen molar-refractivity contribution < 1.29 is 13.6 Å². The third-order valence-electron chi connectivity index (χ3n) is 3.85. The van der Waals surface area contributed by atoms with Gasteiger partial charge in [-0.2, -0.15) is 0 Å². The van der Waals surface area contributed by atoms with Gasteiger partial charge in [0.05, 0.1) is 6.04 Å². The zero-order chi connectivity index (χ0) is 17.3. The van der Waals surface area contributed by atoms with Crippen LogP contribution in [0.5, 0.6) is 0 Å². The molecule has 3 aromatic rings. The number of amides is 1. The molecule has 0 spiro atoms. The highest BCUT2D eigenvalue weighted by Crippen LogP contribution is 2.17. The lowest BCUT2D eigenvalue weighted by Crippen LogP contribution is -2.30. The van der Waals surface area contributed by atoms with Crippen LogP contribution in [-0.2, 0) is 0 Å². The van der Waals surface area contributed by atoms with E-state index in [2.05, 4.69) is 5.32 Å². The third-order valence-corrected chi connectivity index (χ3v) is 3.85. The molecule has 0 aliphatic heterocycles. The first kappa shape index (κ1) is 15.9. The number of halogens is 1. The molecule has 1 aromatic heterocycles. The Morgan fingerprint density at radius 2 is 1.83 bits per heavy atom. The number of hydrogen-bond donors (Lipinski definition) is 1. The molecule has 5 heteroatoms. The summed E-state index contributed by atoms with van der Waals surface area (Å²) in [5.74, 6) is -0.869. The molecule has 0 fully saturated rings. The van der Waals surface area contributed by atoms with Gasteiger partial charge < -0.3 is 9.73 Å². The first-order valence-corrected chi connectivity index (χ1v) is 7.55. The first-order valence-electron chi connectivity index (χ1n) is 7.55. The number of hydrogen-bond acceptors (Lipinski definition) is 3. The van der Waals surface area contributed by atoms with Crippen LogP contribution in [0.4, 0.5) is 4.39 Å². The minimum Gasteiger partial charge on any atom is -0.422 e. The van der Waals surface area contributed by atoms with Crippen LogP contribution in [-0.4, -0.2) is 5.91 Å². The topological polar surface area (TPSA) is 59.3 Å². The van der Waals surface area contributed by atoms with E-state index in [4.69, 9.17) is 4.42 Å². The molecular weight excluding hydrogens is 309 g/mol. The minimum absolute atomic E-state index is 0.0536. The quantitative estimate of drug-likeness (QED) is 0.746. The summed E-state index contributed by atoms with van der Waals surface area (Å²) >= 11 is 0. The summed E-state index contributed by atoms with van der Waals surface area (Å²) in [4.78, 5) is 24.4. The molecule has 1 amide bonds. The van der Waals surface area contributed by atoms with Gasteiger partial charge in [0.25, 0.3) is 5.91 Å². The van der Waals surface area contributed by atoms with Crippen molar-refractivity contribution in [1.82, 2.24) is 5.32 Å². The van der Waals surface area contributed by atoms with Gasteiger partial charge in [0.15, 0.2) is 0 Å². The molecule has 4 nitrogen and oxygen atoms in total.